The minimum atomic E-state index is 0.202. The lowest BCUT2D eigenvalue weighted by Gasteiger charge is -2.12. The Balaban J connectivity index is 1.58. The van der Waals surface area contributed by atoms with Crippen LogP contribution in [0.2, 0.25) is 0 Å². The molecular weight excluding hydrogens is 450 g/mol. The Kier molecular flexibility index (Phi) is 12.0. The summed E-state index contributed by atoms with van der Waals surface area (Å²) < 4.78 is 2.39. The molecule has 5 heteroatoms. The summed E-state index contributed by atoms with van der Waals surface area (Å²) in [6.07, 6.45) is 9.71. The van der Waals surface area contributed by atoms with Gasteiger partial charge in [-0.3, -0.25) is 4.79 Å². The molecule has 0 bridgehead atoms. The molecule has 0 aliphatic heterocycles. The summed E-state index contributed by atoms with van der Waals surface area (Å²) in [4.78, 5) is 17.2. The molecule has 3 aromatic rings. The fourth-order valence-corrected chi connectivity index (χ4v) is 5.28. The molecule has 0 aliphatic carbocycles. The number of hydrogen-bond acceptors (Lipinski definition) is 3. The monoisotopic (exact) mass is 491 g/mol. The van der Waals surface area contributed by atoms with Crippen LogP contribution in [0.4, 0.5) is 0 Å². The van der Waals surface area contributed by atoms with Crippen LogP contribution in [0.3, 0.4) is 0 Å². The van der Waals surface area contributed by atoms with Crippen molar-refractivity contribution in [1.29, 1.82) is 0 Å². The lowest BCUT2D eigenvalue weighted by Crippen LogP contribution is -2.24. The molecule has 3 rings (SSSR count). The molecule has 0 aliphatic rings. The van der Waals surface area contributed by atoms with E-state index in [4.69, 9.17) is 4.98 Å². The van der Waals surface area contributed by atoms with Crippen LogP contribution < -0.4 is 5.32 Å². The third-order valence-electron chi connectivity index (χ3n) is 6.11. The molecule has 1 heterocycles. The average Bonchev–Trinajstić information content (AvgIpc) is 3.25. The van der Waals surface area contributed by atoms with Crippen molar-refractivity contribution in [1.82, 2.24) is 14.9 Å². The number of carbonyl (C=O) groups excluding carboxylic acids is 1. The zero-order valence-corrected chi connectivity index (χ0v) is 22.3. The van der Waals surface area contributed by atoms with Gasteiger partial charge in [-0.1, -0.05) is 112 Å². The Morgan fingerprint density at radius 3 is 2.20 bits per heavy atom. The second-order valence-corrected chi connectivity index (χ2v) is 10.1. The van der Waals surface area contributed by atoms with Crippen molar-refractivity contribution in [2.24, 2.45) is 0 Å². The van der Waals surface area contributed by atoms with Crippen molar-refractivity contribution in [2.75, 3.05) is 12.3 Å². The molecule has 4 nitrogen and oxygen atoms in total. The predicted octanol–water partition coefficient (Wildman–Crippen LogP) is 7.98. The maximum Gasteiger partial charge on any atom is 0.219 e. The summed E-state index contributed by atoms with van der Waals surface area (Å²) in [7, 11) is 0. The first-order valence-electron chi connectivity index (χ1n) is 13.4. The first kappa shape index (κ1) is 27.1. The van der Waals surface area contributed by atoms with Gasteiger partial charge in [-0.25, -0.2) is 4.98 Å². The zero-order chi connectivity index (χ0) is 24.7. The van der Waals surface area contributed by atoms with Crippen LogP contribution in [0, 0.1) is 0 Å². The van der Waals surface area contributed by atoms with E-state index in [0.29, 0.717) is 6.42 Å². The highest BCUT2D eigenvalue weighted by molar-refractivity contribution is 7.99. The number of carbonyl (C=O) groups is 1. The molecule has 0 radical (unpaired) electrons. The standard InChI is InChI=1S/C30H41N3OS/c1-3-5-6-7-14-21-27(34)31-22-15-16-24-35-30-32-28(25-17-10-8-11-18-25)29(33(30)23-4-2)26-19-12-9-13-20-26/h8-13,17-20H,3-7,14-16,21-24H2,1-2H3,(H,31,34). The highest BCUT2D eigenvalue weighted by atomic mass is 32.2. The van der Waals surface area contributed by atoms with Crippen molar-refractivity contribution in [3.8, 4) is 22.5 Å². The van der Waals surface area contributed by atoms with Gasteiger partial charge in [0.1, 0.15) is 0 Å². The fourth-order valence-electron chi connectivity index (χ4n) is 4.26. The number of hydrogen-bond donors (Lipinski definition) is 1. The Hall–Kier alpha value is -2.53. The topological polar surface area (TPSA) is 46.9 Å². The van der Waals surface area contributed by atoms with Gasteiger partial charge >= 0.3 is 0 Å². The summed E-state index contributed by atoms with van der Waals surface area (Å²) in [6, 6.07) is 21.1. The summed E-state index contributed by atoms with van der Waals surface area (Å²) in [5.41, 5.74) is 4.61. The van der Waals surface area contributed by atoms with Crippen LogP contribution in [0.25, 0.3) is 22.5 Å². The van der Waals surface area contributed by atoms with Gasteiger partial charge in [-0.15, -0.1) is 0 Å². The van der Waals surface area contributed by atoms with E-state index in [0.717, 1.165) is 67.4 Å². The minimum absolute atomic E-state index is 0.202. The maximum atomic E-state index is 12.0. The van der Waals surface area contributed by atoms with E-state index in [9.17, 15) is 4.79 Å². The van der Waals surface area contributed by atoms with Gasteiger partial charge in [0.05, 0.1) is 11.4 Å². The number of amides is 1. The molecular formula is C30H41N3OS. The van der Waals surface area contributed by atoms with E-state index in [1.54, 1.807) is 0 Å². The molecule has 2 aromatic carbocycles. The number of benzene rings is 2. The van der Waals surface area contributed by atoms with Gasteiger partial charge in [0, 0.05) is 36.4 Å². The highest BCUT2D eigenvalue weighted by Gasteiger charge is 2.19. The summed E-state index contributed by atoms with van der Waals surface area (Å²) in [5.74, 6) is 1.20. The molecule has 0 saturated heterocycles. The quantitative estimate of drug-likeness (QED) is 0.163. The zero-order valence-electron chi connectivity index (χ0n) is 21.5. The molecule has 35 heavy (non-hydrogen) atoms. The van der Waals surface area contributed by atoms with Crippen LogP contribution in [0.5, 0.6) is 0 Å². The van der Waals surface area contributed by atoms with Crippen molar-refractivity contribution >= 4 is 17.7 Å². The second-order valence-electron chi connectivity index (χ2n) is 9.05. The lowest BCUT2D eigenvalue weighted by atomic mass is 10.0. The normalized spacial score (nSPS) is 11.0. The Morgan fingerprint density at radius 2 is 1.51 bits per heavy atom. The Morgan fingerprint density at radius 1 is 0.829 bits per heavy atom. The molecule has 0 fully saturated rings. The largest absolute Gasteiger partial charge is 0.356 e. The third kappa shape index (κ3) is 8.57. The van der Waals surface area contributed by atoms with Crippen LogP contribution in [0.1, 0.15) is 71.6 Å². The van der Waals surface area contributed by atoms with Gasteiger partial charge in [0.2, 0.25) is 5.91 Å². The molecule has 1 aromatic heterocycles. The molecule has 0 saturated carbocycles. The highest BCUT2D eigenvalue weighted by Crippen LogP contribution is 2.36. The number of thioether (sulfide) groups is 1. The van der Waals surface area contributed by atoms with Crippen molar-refractivity contribution < 1.29 is 4.79 Å². The number of rotatable bonds is 16. The maximum absolute atomic E-state index is 12.0. The smallest absolute Gasteiger partial charge is 0.219 e. The van der Waals surface area contributed by atoms with E-state index in [-0.39, 0.29) is 5.91 Å². The van der Waals surface area contributed by atoms with Gasteiger partial charge in [-0.05, 0) is 25.7 Å². The summed E-state index contributed by atoms with van der Waals surface area (Å²) in [6.45, 7) is 6.15. The number of aromatic nitrogens is 2. The first-order chi connectivity index (χ1) is 17.2. The average molecular weight is 492 g/mol. The van der Waals surface area contributed by atoms with Crippen LogP contribution >= 0.6 is 11.8 Å². The SMILES string of the molecule is CCCCCCCC(=O)NCCCCSc1nc(-c2ccccc2)c(-c2ccccc2)n1CCC. The second kappa shape index (κ2) is 15.5. The minimum Gasteiger partial charge on any atom is -0.356 e. The van der Waals surface area contributed by atoms with Gasteiger partial charge in [0.15, 0.2) is 5.16 Å². The van der Waals surface area contributed by atoms with E-state index in [2.05, 4.69) is 84.4 Å². The van der Waals surface area contributed by atoms with E-state index in [1.165, 1.54) is 30.5 Å². The van der Waals surface area contributed by atoms with Crippen molar-refractivity contribution in [3.05, 3.63) is 60.7 Å². The molecule has 1 N–H and O–H groups in total. The predicted molar refractivity (Wildman–Crippen MR) is 150 cm³/mol. The molecule has 0 spiro atoms. The number of imidazole rings is 1. The van der Waals surface area contributed by atoms with E-state index in [1.807, 2.05) is 11.8 Å². The van der Waals surface area contributed by atoms with Gasteiger partial charge in [-0.2, -0.15) is 0 Å². The number of nitrogens with one attached hydrogen (secondary N) is 1. The third-order valence-corrected chi connectivity index (χ3v) is 7.17. The van der Waals surface area contributed by atoms with E-state index < -0.39 is 0 Å². The lowest BCUT2D eigenvalue weighted by molar-refractivity contribution is -0.121. The van der Waals surface area contributed by atoms with Crippen molar-refractivity contribution in [3.63, 3.8) is 0 Å². The van der Waals surface area contributed by atoms with Gasteiger partial charge in [0.25, 0.3) is 0 Å². The summed E-state index contributed by atoms with van der Waals surface area (Å²) >= 11 is 1.83. The number of unbranched alkanes of at least 4 members (excludes halogenated alkanes) is 5. The summed E-state index contributed by atoms with van der Waals surface area (Å²) in [5, 5.41) is 4.18. The van der Waals surface area contributed by atoms with Crippen LogP contribution in [-0.4, -0.2) is 27.8 Å². The number of nitrogens with zero attached hydrogens (tertiary/aromatic N) is 2. The first-order valence-corrected chi connectivity index (χ1v) is 14.3. The van der Waals surface area contributed by atoms with Crippen LogP contribution in [0.15, 0.2) is 65.8 Å². The Labute approximate surface area is 215 Å². The van der Waals surface area contributed by atoms with Crippen molar-refractivity contribution in [2.45, 2.75) is 83.3 Å². The fraction of sp³-hybridized carbons (Fsp3) is 0.467. The molecule has 1 amide bonds. The van der Waals surface area contributed by atoms with E-state index >= 15 is 0 Å². The Bertz CT molecular complexity index is 1000. The molecule has 0 atom stereocenters. The molecule has 0 unspecified atom stereocenters. The molecule has 188 valence electrons. The van der Waals surface area contributed by atoms with Crippen LogP contribution in [-0.2, 0) is 11.3 Å². The van der Waals surface area contributed by atoms with Gasteiger partial charge < -0.3 is 9.88 Å².